The molecule has 0 radical (unpaired) electrons. The number of hydrogen-bond acceptors (Lipinski definition) is 2. The van der Waals surface area contributed by atoms with Crippen LogP contribution in [0.25, 0.3) is 0 Å². The Morgan fingerprint density at radius 2 is 1.89 bits per heavy atom. The van der Waals surface area contributed by atoms with Crippen molar-refractivity contribution in [2.45, 2.75) is 12.2 Å². The van der Waals surface area contributed by atoms with Crippen LogP contribution in [0.15, 0.2) is 22.7 Å². The summed E-state index contributed by atoms with van der Waals surface area (Å²) >= 11 is 9.15. The van der Waals surface area contributed by atoms with Gasteiger partial charge in [0.25, 0.3) is 0 Å². The normalized spacial score (nSPS) is 19.4. The topological polar surface area (TPSA) is 15.3 Å². The molecule has 106 valence electrons. The largest absolute Gasteiger partial charge is 0.408 e. The summed E-state index contributed by atoms with van der Waals surface area (Å²) < 4.78 is 40.7. The van der Waals surface area contributed by atoms with Crippen molar-refractivity contribution >= 4 is 27.5 Å². The average molecular weight is 358 g/mol. The minimum Gasteiger partial charge on any atom is -0.314 e. The van der Waals surface area contributed by atoms with Crippen molar-refractivity contribution < 1.29 is 13.2 Å². The molecule has 7 heteroatoms. The van der Waals surface area contributed by atoms with Crippen molar-refractivity contribution in [2.24, 2.45) is 0 Å². The molecule has 0 spiro atoms. The molecular formula is C12H13BrClF3N2. The highest BCUT2D eigenvalue weighted by atomic mass is 79.9. The number of nitrogens with one attached hydrogen (secondary N) is 1. The molecule has 1 aromatic rings. The van der Waals surface area contributed by atoms with Crippen molar-refractivity contribution in [1.82, 2.24) is 10.2 Å². The Hall–Kier alpha value is -0.300. The first kappa shape index (κ1) is 15.1. The summed E-state index contributed by atoms with van der Waals surface area (Å²) in [6.07, 6.45) is -4.35. The van der Waals surface area contributed by atoms with Crippen molar-refractivity contribution in [2.75, 3.05) is 26.2 Å². The molecule has 1 aliphatic rings. The SMILES string of the molecule is FC(F)(F)[C@H](c1cc(Br)ccc1Cl)N1CCNCC1. The second-order valence-corrected chi connectivity index (χ2v) is 5.72. The van der Waals surface area contributed by atoms with Crippen LogP contribution in [0, 0.1) is 0 Å². The number of rotatable bonds is 2. The summed E-state index contributed by atoms with van der Waals surface area (Å²) in [7, 11) is 0. The lowest BCUT2D eigenvalue weighted by molar-refractivity contribution is -0.187. The van der Waals surface area contributed by atoms with E-state index < -0.39 is 12.2 Å². The molecule has 0 saturated carbocycles. The van der Waals surface area contributed by atoms with Crippen LogP contribution in [0.5, 0.6) is 0 Å². The van der Waals surface area contributed by atoms with E-state index in [1.54, 1.807) is 6.07 Å². The summed E-state index contributed by atoms with van der Waals surface area (Å²) in [5, 5.41) is 3.19. The van der Waals surface area contributed by atoms with Crippen LogP contribution < -0.4 is 5.32 Å². The molecule has 1 fully saturated rings. The third-order valence-corrected chi connectivity index (χ3v) is 3.92. The molecule has 19 heavy (non-hydrogen) atoms. The van der Waals surface area contributed by atoms with Gasteiger partial charge in [-0.05, 0) is 23.8 Å². The lowest BCUT2D eigenvalue weighted by atomic mass is 10.0. The first-order valence-electron chi connectivity index (χ1n) is 5.86. The van der Waals surface area contributed by atoms with Crippen LogP contribution in [0.4, 0.5) is 13.2 Å². The molecule has 0 bridgehead atoms. The molecule has 0 amide bonds. The molecule has 1 saturated heterocycles. The lowest BCUT2D eigenvalue weighted by Crippen LogP contribution is -2.49. The molecule has 2 nitrogen and oxygen atoms in total. The molecule has 0 aromatic heterocycles. The second-order valence-electron chi connectivity index (χ2n) is 4.40. The Labute approximate surface area is 123 Å². The number of benzene rings is 1. The fraction of sp³-hybridized carbons (Fsp3) is 0.500. The first-order valence-corrected chi connectivity index (χ1v) is 7.03. The fourth-order valence-corrected chi connectivity index (χ4v) is 2.84. The Morgan fingerprint density at radius 3 is 2.47 bits per heavy atom. The third kappa shape index (κ3) is 3.62. The number of hydrogen-bond donors (Lipinski definition) is 1. The van der Waals surface area contributed by atoms with Crippen LogP contribution in [-0.2, 0) is 0 Å². The van der Waals surface area contributed by atoms with Gasteiger partial charge in [-0.3, -0.25) is 4.90 Å². The zero-order chi connectivity index (χ0) is 14.0. The number of nitrogens with zero attached hydrogens (tertiary/aromatic N) is 1. The zero-order valence-electron chi connectivity index (χ0n) is 9.97. The first-order chi connectivity index (χ1) is 8.89. The maximum Gasteiger partial charge on any atom is 0.408 e. The van der Waals surface area contributed by atoms with Gasteiger partial charge in [-0.15, -0.1) is 0 Å². The molecule has 1 heterocycles. The highest BCUT2D eigenvalue weighted by Crippen LogP contribution is 2.41. The molecule has 1 N–H and O–H groups in total. The highest BCUT2D eigenvalue weighted by Gasteiger charge is 2.45. The zero-order valence-corrected chi connectivity index (χ0v) is 12.3. The van der Waals surface area contributed by atoms with E-state index in [4.69, 9.17) is 11.6 Å². The Kier molecular flexibility index (Phi) is 4.76. The van der Waals surface area contributed by atoms with Gasteiger partial charge in [0.15, 0.2) is 0 Å². The lowest BCUT2D eigenvalue weighted by Gasteiger charge is -2.36. The quantitative estimate of drug-likeness (QED) is 0.870. The van der Waals surface area contributed by atoms with Crippen molar-refractivity contribution in [3.8, 4) is 0 Å². The van der Waals surface area contributed by atoms with Gasteiger partial charge in [0.1, 0.15) is 6.04 Å². The molecule has 0 unspecified atom stereocenters. The van der Waals surface area contributed by atoms with E-state index in [2.05, 4.69) is 21.2 Å². The monoisotopic (exact) mass is 356 g/mol. The summed E-state index contributed by atoms with van der Waals surface area (Å²) in [5.41, 5.74) is 0.102. The van der Waals surface area contributed by atoms with Crippen LogP contribution in [0.2, 0.25) is 5.02 Å². The molecule has 1 aliphatic heterocycles. The van der Waals surface area contributed by atoms with E-state index in [0.29, 0.717) is 30.7 Å². The van der Waals surface area contributed by atoms with E-state index in [1.165, 1.54) is 17.0 Å². The van der Waals surface area contributed by atoms with Crippen LogP contribution in [-0.4, -0.2) is 37.3 Å². The van der Waals surface area contributed by atoms with Crippen molar-refractivity contribution in [3.05, 3.63) is 33.3 Å². The van der Waals surface area contributed by atoms with E-state index in [1.807, 2.05) is 0 Å². The van der Waals surface area contributed by atoms with Crippen LogP contribution >= 0.6 is 27.5 Å². The fourth-order valence-electron chi connectivity index (χ4n) is 2.24. The van der Waals surface area contributed by atoms with E-state index in [-0.39, 0.29) is 10.6 Å². The van der Waals surface area contributed by atoms with E-state index in [0.717, 1.165) is 0 Å². The molecule has 2 rings (SSSR count). The van der Waals surface area contributed by atoms with Gasteiger partial charge >= 0.3 is 6.18 Å². The molecule has 1 aromatic carbocycles. The predicted molar refractivity (Wildman–Crippen MR) is 72.4 cm³/mol. The maximum absolute atomic E-state index is 13.4. The van der Waals surface area contributed by atoms with E-state index >= 15 is 0 Å². The third-order valence-electron chi connectivity index (χ3n) is 3.08. The number of piperazine rings is 1. The second kappa shape index (κ2) is 5.99. The molecule has 1 atom stereocenters. The van der Waals surface area contributed by atoms with Crippen molar-refractivity contribution in [1.29, 1.82) is 0 Å². The maximum atomic E-state index is 13.4. The summed E-state index contributed by atoms with van der Waals surface area (Å²) in [4.78, 5) is 1.42. The van der Waals surface area contributed by atoms with Gasteiger partial charge in [-0.25, -0.2) is 0 Å². The van der Waals surface area contributed by atoms with Gasteiger partial charge < -0.3 is 5.32 Å². The van der Waals surface area contributed by atoms with Crippen molar-refractivity contribution in [3.63, 3.8) is 0 Å². The number of halogens is 5. The van der Waals surface area contributed by atoms with Gasteiger partial charge in [0.05, 0.1) is 0 Å². The minimum atomic E-state index is -4.35. The minimum absolute atomic E-state index is 0.102. The Bertz CT molecular complexity index is 447. The predicted octanol–water partition coefficient (Wildman–Crippen LogP) is 3.61. The van der Waals surface area contributed by atoms with Crippen LogP contribution in [0.3, 0.4) is 0 Å². The highest BCUT2D eigenvalue weighted by molar-refractivity contribution is 9.10. The van der Waals surface area contributed by atoms with Gasteiger partial charge in [-0.1, -0.05) is 27.5 Å². The smallest absolute Gasteiger partial charge is 0.314 e. The van der Waals surface area contributed by atoms with Gasteiger partial charge in [0, 0.05) is 35.7 Å². The van der Waals surface area contributed by atoms with Gasteiger partial charge in [0.2, 0.25) is 0 Å². The Balaban J connectivity index is 2.39. The van der Waals surface area contributed by atoms with E-state index in [9.17, 15) is 13.2 Å². The Morgan fingerprint density at radius 1 is 1.26 bits per heavy atom. The summed E-state index contributed by atoms with van der Waals surface area (Å²) in [6.45, 7) is 1.82. The average Bonchev–Trinajstić information content (AvgIpc) is 2.33. The standard InChI is InChI=1S/C12H13BrClF3N2/c13-8-1-2-10(14)9(7-8)11(12(15,16)17)19-5-3-18-4-6-19/h1-2,7,11,18H,3-6H2/t11-/m0/s1. The molecule has 0 aliphatic carbocycles. The number of alkyl halides is 3. The van der Waals surface area contributed by atoms with Gasteiger partial charge in [-0.2, -0.15) is 13.2 Å². The summed E-state index contributed by atoms with van der Waals surface area (Å²) in [6, 6.07) is 2.92. The molecular weight excluding hydrogens is 344 g/mol. The van der Waals surface area contributed by atoms with Crippen LogP contribution in [0.1, 0.15) is 11.6 Å². The summed E-state index contributed by atoms with van der Waals surface area (Å²) in [5.74, 6) is 0.